The monoisotopic (exact) mass is 428 g/mol. The van der Waals surface area contributed by atoms with Crippen LogP contribution >= 0.6 is 0 Å². The van der Waals surface area contributed by atoms with Gasteiger partial charge in [0.2, 0.25) is 5.91 Å². The highest BCUT2D eigenvalue weighted by Gasteiger charge is 2.26. The van der Waals surface area contributed by atoms with Gasteiger partial charge in [-0.1, -0.05) is 66.2 Å². The molecule has 1 aliphatic heterocycles. The molecular formula is C27H28N2O3. The van der Waals surface area contributed by atoms with Gasteiger partial charge in [0.05, 0.1) is 25.1 Å². The first-order chi connectivity index (χ1) is 15.5. The summed E-state index contributed by atoms with van der Waals surface area (Å²) in [6, 6.07) is 22.3. The zero-order chi connectivity index (χ0) is 22.5. The third kappa shape index (κ3) is 4.99. The fourth-order valence-corrected chi connectivity index (χ4v) is 4.23. The Labute approximate surface area is 188 Å². The Morgan fingerprint density at radius 2 is 1.69 bits per heavy atom. The summed E-state index contributed by atoms with van der Waals surface area (Å²) in [6.45, 7) is 4.64. The van der Waals surface area contributed by atoms with Crippen molar-refractivity contribution in [3.05, 3.63) is 101 Å². The van der Waals surface area contributed by atoms with Crippen molar-refractivity contribution in [1.82, 2.24) is 10.6 Å². The number of hydrogen-bond acceptors (Lipinski definition) is 3. The molecule has 1 aliphatic rings. The van der Waals surface area contributed by atoms with Crippen molar-refractivity contribution in [2.24, 2.45) is 0 Å². The van der Waals surface area contributed by atoms with E-state index in [9.17, 15) is 9.59 Å². The lowest BCUT2D eigenvalue weighted by atomic mass is 9.95. The number of benzene rings is 3. The van der Waals surface area contributed by atoms with Crippen LogP contribution in [0.5, 0.6) is 5.75 Å². The fraction of sp³-hybridized carbons (Fsp3) is 0.259. The minimum Gasteiger partial charge on any atom is -0.493 e. The number of carbonyl (C=O) groups is 2. The van der Waals surface area contributed by atoms with Crippen LogP contribution in [0.2, 0.25) is 0 Å². The number of aryl methyl sites for hydroxylation is 2. The SMILES string of the molecule is Cc1cc(C)c2c(c1)C(NC(=O)CC(NC(=O)c1ccccc1)c1ccccc1)CCO2. The molecule has 0 saturated heterocycles. The van der Waals surface area contributed by atoms with E-state index in [0.717, 1.165) is 28.0 Å². The zero-order valence-electron chi connectivity index (χ0n) is 18.4. The lowest BCUT2D eigenvalue weighted by molar-refractivity contribution is -0.122. The van der Waals surface area contributed by atoms with Crippen LogP contribution in [0.15, 0.2) is 72.8 Å². The maximum atomic E-state index is 13.1. The maximum absolute atomic E-state index is 13.1. The van der Waals surface area contributed by atoms with Crippen molar-refractivity contribution in [3.8, 4) is 5.75 Å². The smallest absolute Gasteiger partial charge is 0.251 e. The van der Waals surface area contributed by atoms with Crippen molar-refractivity contribution in [1.29, 1.82) is 0 Å². The molecule has 0 saturated carbocycles. The van der Waals surface area contributed by atoms with Crippen molar-refractivity contribution >= 4 is 11.8 Å². The second-order valence-electron chi connectivity index (χ2n) is 8.26. The molecule has 2 amide bonds. The summed E-state index contributed by atoms with van der Waals surface area (Å²) in [7, 11) is 0. The molecule has 0 fully saturated rings. The molecule has 3 aromatic carbocycles. The molecule has 0 aliphatic carbocycles. The molecular weight excluding hydrogens is 400 g/mol. The van der Waals surface area contributed by atoms with Gasteiger partial charge >= 0.3 is 0 Å². The summed E-state index contributed by atoms with van der Waals surface area (Å²) < 4.78 is 5.86. The molecule has 0 bridgehead atoms. The van der Waals surface area contributed by atoms with Crippen LogP contribution in [0.3, 0.4) is 0 Å². The normalized spacial score (nSPS) is 15.8. The lowest BCUT2D eigenvalue weighted by Gasteiger charge is -2.29. The number of nitrogens with one attached hydrogen (secondary N) is 2. The summed E-state index contributed by atoms with van der Waals surface area (Å²) >= 11 is 0. The van der Waals surface area contributed by atoms with Gasteiger partial charge in [-0.25, -0.2) is 0 Å². The topological polar surface area (TPSA) is 67.4 Å². The second-order valence-corrected chi connectivity index (χ2v) is 8.26. The van der Waals surface area contributed by atoms with E-state index in [4.69, 9.17) is 4.74 Å². The quantitative estimate of drug-likeness (QED) is 0.592. The largest absolute Gasteiger partial charge is 0.493 e. The lowest BCUT2D eigenvalue weighted by Crippen LogP contribution is -2.36. The fourth-order valence-electron chi connectivity index (χ4n) is 4.23. The molecule has 2 atom stereocenters. The second kappa shape index (κ2) is 9.69. The van der Waals surface area contributed by atoms with Gasteiger partial charge in [-0.2, -0.15) is 0 Å². The van der Waals surface area contributed by atoms with Gasteiger partial charge in [0.1, 0.15) is 5.75 Å². The van der Waals surface area contributed by atoms with Crippen molar-refractivity contribution < 1.29 is 14.3 Å². The predicted molar refractivity (Wildman–Crippen MR) is 125 cm³/mol. The molecule has 5 nitrogen and oxygen atoms in total. The number of rotatable bonds is 6. The van der Waals surface area contributed by atoms with Crippen LogP contribution in [0.4, 0.5) is 0 Å². The molecule has 3 aromatic rings. The zero-order valence-corrected chi connectivity index (χ0v) is 18.4. The van der Waals surface area contributed by atoms with Crippen LogP contribution in [0, 0.1) is 13.8 Å². The molecule has 2 unspecified atom stereocenters. The number of carbonyl (C=O) groups excluding carboxylic acids is 2. The summed E-state index contributed by atoms with van der Waals surface area (Å²) in [5.74, 6) is 0.559. The van der Waals surface area contributed by atoms with Crippen molar-refractivity contribution in [2.75, 3.05) is 6.61 Å². The molecule has 5 heteroatoms. The highest BCUT2D eigenvalue weighted by atomic mass is 16.5. The van der Waals surface area contributed by atoms with E-state index in [1.807, 2.05) is 62.4 Å². The minimum atomic E-state index is -0.428. The van der Waals surface area contributed by atoms with Gasteiger partial charge in [-0.3, -0.25) is 9.59 Å². The highest BCUT2D eigenvalue weighted by Crippen LogP contribution is 2.36. The number of amides is 2. The molecule has 2 N–H and O–H groups in total. The Hall–Kier alpha value is -3.60. The first-order valence-electron chi connectivity index (χ1n) is 11.0. The first kappa shape index (κ1) is 21.6. The van der Waals surface area contributed by atoms with Gasteiger partial charge in [0.25, 0.3) is 5.91 Å². The van der Waals surface area contributed by atoms with Gasteiger partial charge in [-0.05, 0) is 37.1 Å². The van der Waals surface area contributed by atoms with Gasteiger partial charge in [0, 0.05) is 17.5 Å². The third-order valence-corrected chi connectivity index (χ3v) is 5.74. The molecule has 1 heterocycles. The van der Waals surface area contributed by atoms with Crippen LogP contribution in [0.25, 0.3) is 0 Å². The van der Waals surface area contributed by atoms with Gasteiger partial charge < -0.3 is 15.4 Å². The summed E-state index contributed by atoms with van der Waals surface area (Å²) in [4.78, 5) is 25.9. The molecule has 0 spiro atoms. The van der Waals surface area contributed by atoms with E-state index in [1.54, 1.807) is 12.1 Å². The Bertz CT molecular complexity index is 1100. The predicted octanol–water partition coefficient (Wildman–Crippen LogP) is 4.80. The van der Waals surface area contributed by atoms with E-state index in [2.05, 4.69) is 22.8 Å². The summed E-state index contributed by atoms with van der Waals surface area (Å²) in [5.41, 5.74) is 4.70. The van der Waals surface area contributed by atoms with Crippen molar-refractivity contribution in [2.45, 2.75) is 38.8 Å². The third-order valence-electron chi connectivity index (χ3n) is 5.74. The number of ether oxygens (including phenoxy) is 1. The van der Waals surface area contributed by atoms with E-state index in [0.29, 0.717) is 18.6 Å². The number of hydrogen-bond donors (Lipinski definition) is 2. The molecule has 32 heavy (non-hydrogen) atoms. The minimum absolute atomic E-state index is 0.105. The van der Waals surface area contributed by atoms with E-state index < -0.39 is 6.04 Å². The average molecular weight is 429 g/mol. The molecule has 0 aromatic heterocycles. The van der Waals surface area contributed by atoms with Crippen LogP contribution in [0.1, 0.15) is 57.5 Å². The van der Waals surface area contributed by atoms with E-state index in [1.165, 1.54) is 0 Å². The van der Waals surface area contributed by atoms with Crippen molar-refractivity contribution in [3.63, 3.8) is 0 Å². The van der Waals surface area contributed by atoms with Gasteiger partial charge in [0.15, 0.2) is 0 Å². The first-order valence-corrected chi connectivity index (χ1v) is 11.0. The van der Waals surface area contributed by atoms with Crippen LogP contribution in [-0.2, 0) is 4.79 Å². The summed E-state index contributed by atoms with van der Waals surface area (Å²) in [6.07, 6.45) is 0.869. The van der Waals surface area contributed by atoms with Crippen LogP contribution in [-0.4, -0.2) is 18.4 Å². The molecule has 0 radical (unpaired) electrons. The van der Waals surface area contributed by atoms with E-state index in [-0.39, 0.29) is 24.3 Å². The Balaban J connectivity index is 1.51. The Morgan fingerprint density at radius 3 is 2.41 bits per heavy atom. The van der Waals surface area contributed by atoms with E-state index >= 15 is 0 Å². The Kier molecular flexibility index (Phi) is 6.55. The highest BCUT2D eigenvalue weighted by molar-refractivity contribution is 5.94. The molecule has 4 rings (SSSR count). The number of fused-ring (bicyclic) bond motifs is 1. The Morgan fingerprint density at radius 1 is 1.00 bits per heavy atom. The standard InChI is InChI=1S/C27H28N2O3/c1-18-15-19(2)26-22(16-18)23(13-14-32-26)28-25(30)17-24(20-9-5-3-6-10-20)29-27(31)21-11-7-4-8-12-21/h3-12,15-16,23-24H,13-14,17H2,1-2H3,(H,28,30)(H,29,31). The van der Waals surface area contributed by atoms with Crippen LogP contribution < -0.4 is 15.4 Å². The average Bonchev–Trinajstić information content (AvgIpc) is 2.80. The van der Waals surface area contributed by atoms with Gasteiger partial charge in [-0.15, -0.1) is 0 Å². The summed E-state index contributed by atoms with van der Waals surface area (Å²) in [5, 5.41) is 6.20. The molecule has 164 valence electrons. The maximum Gasteiger partial charge on any atom is 0.251 e.